The number of thiazole rings is 1. The number of ether oxygens (including phenoxy) is 1. The minimum atomic E-state index is -0.150. The summed E-state index contributed by atoms with van der Waals surface area (Å²) in [5.74, 6) is 0.637. The van der Waals surface area contributed by atoms with Crippen LogP contribution in [0.4, 0.5) is 0 Å². The number of nitrogens with zero attached hydrogens (tertiary/aromatic N) is 2. The first-order valence-corrected chi connectivity index (χ1v) is 9.84. The van der Waals surface area contributed by atoms with Gasteiger partial charge in [-0.05, 0) is 55.0 Å². The maximum absolute atomic E-state index is 12.6. The molecule has 4 aromatic rings. The van der Waals surface area contributed by atoms with Gasteiger partial charge in [0, 0.05) is 11.8 Å². The molecule has 28 heavy (non-hydrogen) atoms. The lowest BCUT2D eigenvalue weighted by molar-refractivity contribution is 0.0940. The molecule has 1 N–H and O–H groups in total. The molecule has 0 bridgehead atoms. The molecule has 1 amide bonds. The minimum Gasteiger partial charge on any atom is -0.487 e. The van der Waals surface area contributed by atoms with E-state index < -0.39 is 0 Å². The van der Waals surface area contributed by atoms with Crippen molar-refractivity contribution < 1.29 is 9.53 Å². The van der Waals surface area contributed by atoms with Crippen LogP contribution < -0.4 is 10.1 Å². The number of benzene rings is 2. The third kappa shape index (κ3) is 4.18. The lowest BCUT2D eigenvalue weighted by Crippen LogP contribution is -2.26. The summed E-state index contributed by atoms with van der Waals surface area (Å²) < 4.78 is 6.84. The predicted molar refractivity (Wildman–Crippen MR) is 111 cm³/mol. The molecule has 140 valence electrons. The van der Waals surface area contributed by atoms with Gasteiger partial charge in [0.25, 0.3) is 5.91 Å². The molecule has 5 nitrogen and oxygen atoms in total. The van der Waals surface area contributed by atoms with Gasteiger partial charge in [-0.1, -0.05) is 18.2 Å². The van der Waals surface area contributed by atoms with Crippen molar-refractivity contribution in [1.29, 1.82) is 0 Å². The van der Waals surface area contributed by atoms with Gasteiger partial charge in [0.1, 0.15) is 12.4 Å². The summed E-state index contributed by atoms with van der Waals surface area (Å²) in [6.07, 6.45) is 1.75. The van der Waals surface area contributed by atoms with Crippen LogP contribution in [0.3, 0.4) is 0 Å². The maximum atomic E-state index is 12.6. The maximum Gasteiger partial charge on any atom is 0.251 e. The molecule has 0 aliphatic heterocycles. The van der Waals surface area contributed by atoms with Crippen molar-refractivity contribution in [1.82, 2.24) is 15.3 Å². The Kier molecular flexibility index (Phi) is 5.30. The van der Waals surface area contributed by atoms with Crippen LogP contribution in [0.5, 0.6) is 5.75 Å². The van der Waals surface area contributed by atoms with Crippen molar-refractivity contribution in [3.63, 3.8) is 0 Å². The highest BCUT2D eigenvalue weighted by Gasteiger charge is 2.13. The van der Waals surface area contributed by atoms with E-state index in [1.165, 1.54) is 11.3 Å². The SMILES string of the molecule is CC(NC(=O)c1ccc2ncsc2c1)c1cccc(OCc2ccccn2)c1. The Balaban J connectivity index is 1.42. The van der Waals surface area contributed by atoms with Crippen molar-refractivity contribution in [2.24, 2.45) is 0 Å². The van der Waals surface area contributed by atoms with Crippen molar-refractivity contribution in [3.05, 3.63) is 89.2 Å². The monoisotopic (exact) mass is 389 g/mol. The Labute approximate surface area is 167 Å². The lowest BCUT2D eigenvalue weighted by atomic mass is 10.1. The van der Waals surface area contributed by atoms with Gasteiger partial charge < -0.3 is 10.1 Å². The summed E-state index contributed by atoms with van der Waals surface area (Å²) in [5, 5.41) is 3.05. The van der Waals surface area contributed by atoms with Gasteiger partial charge in [0.05, 0.1) is 27.5 Å². The summed E-state index contributed by atoms with van der Waals surface area (Å²) in [5.41, 5.74) is 5.17. The van der Waals surface area contributed by atoms with Crippen molar-refractivity contribution >= 4 is 27.5 Å². The second-order valence-corrected chi connectivity index (χ2v) is 7.30. The third-order valence-corrected chi connectivity index (χ3v) is 5.20. The van der Waals surface area contributed by atoms with Gasteiger partial charge in [0.15, 0.2) is 0 Å². The lowest BCUT2D eigenvalue weighted by Gasteiger charge is -2.16. The Morgan fingerprint density at radius 2 is 2.04 bits per heavy atom. The molecule has 0 saturated heterocycles. The van der Waals surface area contributed by atoms with E-state index in [9.17, 15) is 4.79 Å². The molecule has 6 heteroatoms. The summed E-state index contributed by atoms with van der Waals surface area (Å²) >= 11 is 1.53. The summed E-state index contributed by atoms with van der Waals surface area (Å²) in [6, 6.07) is 18.9. The molecule has 2 aromatic carbocycles. The molecular weight excluding hydrogens is 370 g/mol. The zero-order valence-corrected chi connectivity index (χ0v) is 16.1. The first-order chi connectivity index (χ1) is 13.7. The van der Waals surface area contributed by atoms with Crippen LogP contribution in [0.2, 0.25) is 0 Å². The van der Waals surface area contributed by atoms with Gasteiger partial charge in [-0.25, -0.2) is 4.98 Å². The summed E-state index contributed by atoms with van der Waals surface area (Å²) in [6.45, 7) is 2.36. The minimum absolute atomic E-state index is 0.109. The van der Waals surface area contributed by atoms with E-state index in [2.05, 4.69) is 15.3 Å². The first kappa shape index (κ1) is 18.1. The van der Waals surface area contributed by atoms with Gasteiger partial charge in [0.2, 0.25) is 0 Å². The van der Waals surface area contributed by atoms with E-state index in [0.29, 0.717) is 12.2 Å². The second-order valence-electron chi connectivity index (χ2n) is 6.41. The third-order valence-electron chi connectivity index (χ3n) is 4.41. The molecule has 0 aliphatic carbocycles. The quantitative estimate of drug-likeness (QED) is 0.516. The highest BCUT2D eigenvalue weighted by Crippen LogP contribution is 2.22. The first-order valence-electron chi connectivity index (χ1n) is 8.96. The van der Waals surface area contributed by atoms with Gasteiger partial charge >= 0.3 is 0 Å². The molecule has 0 spiro atoms. The highest BCUT2D eigenvalue weighted by molar-refractivity contribution is 7.16. The second kappa shape index (κ2) is 8.19. The number of hydrogen-bond donors (Lipinski definition) is 1. The number of rotatable bonds is 6. The zero-order valence-electron chi connectivity index (χ0n) is 15.3. The number of fused-ring (bicyclic) bond motifs is 1. The average molecular weight is 389 g/mol. The van der Waals surface area contributed by atoms with Gasteiger partial charge in [-0.15, -0.1) is 11.3 Å². The van der Waals surface area contributed by atoms with Gasteiger partial charge in [-0.3, -0.25) is 9.78 Å². The fourth-order valence-electron chi connectivity index (χ4n) is 2.87. The van der Waals surface area contributed by atoms with Crippen molar-refractivity contribution in [2.45, 2.75) is 19.6 Å². The van der Waals surface area contributed by atoms with Crippen LogP contribution in [0.1, 0.15) is 34.6 Å². The predicted octanol–water partition coefficient (Wildman–Crippen LogP) is 4.76. The molecule has 0 fully saturated rings. The van der Waals surface area contributed by atoms with E-state index in [4.69, 9.17) is 4.74 Å². The highest BCUT2D eigenvalue weighted by atomic mass is 32.1. The molecule has 0 radical (unpaired) electrons. The van der Waals surface area contributed by atoms with E-state index in [1.807, 2.05) is 61.5 Å². The van der Waals surface area contributed by atoms with E-state index >= 15 is 0 Å². The van der Waals surface area contributed by atoms with Crippen LogP contribution in [-0.4, -0.2) is 15.9 Å². The Bertz CT molecular complexity index is 1100. The van der Waals surface area contributed by atoms with Crippen LogP contribution >= 0.6 is 11.3 Å². The van der Waals surface area contributed by atoms with Crippen molar-refractivity contribution in [2.75, 3.05) is 0 Å². The molecule has 2 aromatic heterocycles. The van der Waals surface area contributed by atoms with Crippen LogP contribution in [0, 0.1) is 0 Å². The fourth-order valence-corrected chi connectivity index (χ4v) is 3.59. The number of hydrogen-bond acceptors (Lipinski definition) is 5. The Hall–Kier alpha value is -3.25. The molecule has 1 atom stereocenters. The average Bonchev–Trinajstić information content (AvgIpc) is 3.21. The van der Waals surface area contributed by atoms with E-state index in [1.54, 1.807) is 17.8 Å². The number of amides is 1. The number of nitrogens with one attached hydrogen (secondary N) is 1. The standard InChI is InChI=1S/C22H19N3O2S/c1-15(25-22(26)17-8-9-20-21(12-17)28-14-24-20)16-5-4-7-19(11-16)27-13-18-6-2-3-10-23-18/h2-12,14-15H,13H2,1H3,(H,25,26). The normalized spacial score (nSPS) is 11.9. The summed E-state index contributed by atoms with van der Waals surface area (Å²) in [7, 11) is 0. The number of aromatic nitrogens is 2. The van der Waals surface area contributed by atoms with E-state index in [-0.39, 0.29) is 11.9 Å². The fraction of sp³-hybridized carbons (Fsp3) is 0.136. The molecule has 2 heterocycles. The van der Waals surface area contributed by atoms with Crippen LogP contribution in [-0.2, 0) is 6.61 Å². The largest absolute Gasteiger partial charge is 0.487 e. The molecule has 0 saturated carbocycles. The zero-order chi connectivity index (χ0) is 19.3. The van der Waals surface area contributed by atoms with E-state index in [0.717, 1.165) is 27.2 Å². The molecule has 0 aliphatic rings. The number of carbonyl (C=O) groups is 1. The Morgan fingerprint density at radius 1 is 1.11 bits per heavy atom. The Morgan fingerprint density at radius 3 is 2.89 bits per heavy atom. The van der Waals surface area contributed by atoms with Gasteiger partial charge in [-0.2, -0.15) is 0 Å². The topological polar surface area (TPSA) is 64.1 Å². The number of carbonyl (C=O) groups excluding carboxylic acids is 1. The molecular formula is C22H19N3O2S. The van der Waals surface area contributed by atoms with Crippen molar-refractivity contribution in [3.8, 4) is 5.75 Å². The summed E-state index contributed by atoms with van der Waals surface area (Å²) in [4.78, 5) is 21.1. The molecule has 1 unspecified atom stereocenters. The smallest absolute Gasteiger partial charge is 0.251 e. The number of pyridine rings is 1. The van der Waals surface area contributed by atoms with Crippen LogP contribution in [0.25, 0.3) is 10.2 Å². The molecule has 4 rings (SSSR count). The van der Waals surface area contributed by atoms with Crippen LogP contribution in [0.15, 0.2) is 72.4 Å².